The van der Waals surface area contributed by atoms with Gasteiger partial charge in [0.15, 0.2) is 0 Å². The Morgan fingerprint density at radius 3 is 0.897 bits per heavy atom. The highest BCUT2D eigenvalue weighted by atomic mass is 16.3. The highest BCUT2D eigenvalue weighted by Crippen LogP contribution is 2.18. The summed E-state index contributed by atoms with van der Waals surface area (Å²) in [6, 6.07) is -0.814. The lowest BCUT2D eigenvalue weighted by atomic mass is 10.0. The van der Waals surface area contributed by atoms with Crippen molar-refractivity contribution in [3.05, 3.63) is 36.5 Å². The number of hydrogen-bond donors (Lipinski definition) is 4. The van der Waals surface area contributed by atoms with Crippen LogP contribution in [0.15, 0.2) is 36.5 Å². The third-order valence-corrected chi connectivity index (χ3v) is 14.5. The van der Waals surface area contributed by atoms with E-state index in [1.807, 2.05) is 6.08 Å². The zero-order valence-electron chi connectivity index (χ0n) is 46.0. The third kappa shape index (κ3) is 52.4. The van der Waals surface area contributed by atoms with Crippen molar-refractivity contribution in [2.24, 2.45) is 0 Å². The third-order valence-electron chi connectivity index (χ3n) is 14.5. The van der Waals surface area contributed by atoms with Gasteiger partial charge in [-0.2, -0.15) is 0 Å². The first-order valence-electron chi connectivity index (χ1n) is 30.8. The van der Waals surface area contributed by atoms with E-state index in [1.165, 1.54) is 276 Å². The lowest BCUT2D eigenvalue weighted by Crippen LogP contribution is -2.48. The second-order valence-electron chi connectivity index (χ2n) is 21.3. The number of allylic oxidation sites excluding steroid dienone is 5. The van der Waals surface area contributed by atoms with Crippen molar-refractivity contribution in [3.8, 4) is 0 Å². The first-order valence-corrected chi connectivity index (χ1v) is 30.8. The topological polar surface area (TPSA) is 89.8 Å². The van der Waals surface area contributed by atoms with E-state index in [9.17, 15) is 20.1 Å². The van der Waals surface area contributed by atoms with Crippen LogP contribution in [0, 0.1) is 0 Å². The van der Waals surface area contributed by atoms with Crippen molar-refractivity contribution in [1.29, 1.82) is 0 Å². The SMILES string of the molecule is CCCCCCCCCCCC/C=C/CC/C=C/C(O)C(CO)NC(=O)C(O)CCCCCCCCCCCCCCCCCC/C=C\CCCCCCCCCCCCCCCCCCCC. The summed E-state index contributed by atoms with van der Waals surface area (Å²) in [7, 11) is 0. The molecule has 1 amide bonds. The minimum Gasteiger partial charge on any atom is -0.394 e. The Kier molecular flexibility index (Phi) is 56.9. The zero-order chi connectivity index (χ0) is 49.3. The standard InChI is InChI=1S/C63H121NO4/c1-3-5-7-9-11-13-15-17-19-21-22-23-24-25-26-27-28-29-30-31-32-33-34-35-36-37-38-39-40-41-42-44-46-48-50-52-54-56-58-62(67)63(68)64-60(59-65)61(66)57-55-53-51-49-47-45-43-20-18-16-14-12-10-8-6-4-2/h31-32,47,49,55,57,60-62,65-67H,3-30,33-46,48,50-54,56,58-59H2,1-2H3,(H,64,68)/b32-31-,49-47+,57-55+. The molecule has 5 heteroatoms. The van der Waals surface area contributed by atoms with Crippen molar-refractivity contribution in [3.63, 3.8) is 0 Å². The highest BCUT2D eigenvalue weighted by molar-refractivity contribution is 5.80. The molecule has 0 aliphatic carbocycles. The molecule has 3 atom stereocenters. The lowest BCUT2D eigenvalue weighted by Gasteiger charge is -2.21. The smallest absolute Gasteiger partial charge is 0.249 e. The fourth-order valence-electron chi connectivity index (χ4n) is 9.67. The number of unbranched alkanes of at least 4 members (excludes halogenated alkanes) is 45. The molecule has 0 aliphatic heterocycles. The number of nitrogens with one attached hydrogen (secondary N) is 1. The van der Waals surface area contributed by atoms with E-state index in [0.717, 1.165) is 38.5 Å². The summed E-state index contributed by atoms with van der Waals surface area (Å²) in [5, 5.41) is 33.3. The predicted octanol–water partition coefficient (Wildman–Crippen LogP) is 19.4. The van der Waals surface area contributed by atoms with E-state index >= 15 is 0 Å². The second kappa shape index (κ2) is 58.1. The Balaban J connectivity index is 3.48. The lowest BCUT2D eigenvalue weighted by molar-refractivity contribution is -0.131. The Bertz CT molecular complexity index is 1060. The van der Waals surface area contributed by atoms with Gasteiger partial charge >= 0.3 is 0 Å². The molecule has 0 rings (SSSR count). The minimum absolute atomic E-state index is 0.374. The van der Waals surface area contributed by atoms with Crippen LogP contribution in [0.5, 0.6) is 0 Å². The Hall–Kier alpha value is -1.43. The number of carbonyl (C=O) groups is 1. The van der Waals surface area contributed by atoms with Gasteiger partial charge in [-0.3, -0.25) is 4.79 Å². The first-order chi connectivity index (χ1) is 33.6. The van der Waals surface area contributed by atoms with Gasteiger partial charge < -0.3 is 20.6 Å². The Morgan fingerprint density at radius 2 is 0.603 bits per heavy atom. The first kappa shape index (κ1) is 66.6. The van der Waals surface area contributed by atoms with Crippen LogP contribution in [0.25, 0.3) is 0 Å². The van der Waals surface area contributed by atoms with Crippen molar-refractivity contribution < 1.29 is 20.1 Å². The molecule has 0 heterocycles. The van der Waals surface area contributed by atoms with Gasteiger partial charge in [-0.1, -0.05) is 314 Å². The van der Waals surface area contributed by atoms with Gasteiger partial charge in [0, 0.05) is 0 Å². The van der Waals surface area contributed by atoms with E-state index in [-0.39, 0.29) is 6.61 Å². The summed E-state index contributed by atoms with van der Waals surface area (Å²) >= 11 is 0. The van der Waals surface area contributed by atoms with E-state index < -0.39 is 24.2 Å². The van der Waals surface area contributed by atoms with E-state index in [1.54, 1.807) is 6.08 Å². The highest BCUT2D eigenvalue weighted by Gasteiger charge is 2.22. The molecule has 0 saturated carbocycles. The number of aliphatic hydroxyl groups excluding tert-OH is 3. The maximum absolute atomic E-state index is 12.5. The van der Waals surface area contributed by atoms with Gasteiger partial charge in [-0.25, -0.2) is 0 Å². The maximum atomic E-state index is 12.5. The second-order valence-corrected chi connectivity index (χ2v) is 21.3. The zero-order valence-corrected chi connectivity index (χ0v) is 46.0. The quantitative estimate of drug-likeness (QED) is 0.0361. The molecule has 68 heavy (non-hydrogen) atoms. The van der Waals surface area contributed by atoms with Crippen LogP contribution >= 0.6 is 0 Å². The molecule has 5 nitrogen and oxygen atoms in total. The van der Waals surface area contributed by atoms with Crippen LogP contribution in [0.2, 0.25) is 0 Å². The van der Waals surface area contributed by atoms with Crippen molar-refractivity contribution >= 4 is 5.91 Å². The molecule has 0 bridgehead atoms. The molecule has 402 valence electrons. The molecule has 0 aromatic rings. The van der Waals surface area contributed by atoms with E-state index in [0.29, 0.717) is 6.42 Å². The molecular formula is C63H121NO4. The maximum Gasteiger partial charge on any atom is 0.249 e. The molecule has 0 radical (unpaired) electrons. The Morgan fingerprint density at radius 1 is 0.353 bits per heavy atom. The molecule has 0 spiro atoms. The number of rotatable bonds is 57. The normalized spacial score (nSPS) is 13.4. The van der Waals surface area contributed by atoms with Crippen LogP contribution in [0.3, 0.4) is 0 Å². The minimum atomic E-state index is -1.11. The number of amides is 1. The summed E-state index contributed by atoms with van der Waals surface area (Å²) < 4.78 is 0. The van der Waals surface area contributed by atoms with Crippen LogP contribution in [0.4, 0.5) is 0 Å². The molecule has 0 aromatic heterocycles. The van der Waals surface area contributed by atoms with Gasteiger partial charge in [0.2, 0.25) is 5.91 Å². The number of aliphatic hydroxyl groups is 3. The predicted molar refractivity (Wildman–Crippen MR) is 301 cm³/mol. The summed E-state index contributed by atoms with van der Waals surface area (Å²) in [6.07, 6.45) is 76.9. The van der Waals surface area contributed by atoms with Gasteiger partial charge in [0.1, 0.15) is 6.10 Å². The molecular weight excluding hydrogens is 835 g/mol. The summed E-state index contributed by atoms with van der Waals surface area (Å²) in [5.41, 5.74) is 0. The number of hydrogen-bond acceptors (Lipinski definition) is 4. The average Bonchev–Trinajstić information content (AvgIpc) is 3.34. The van der Waals surface area contributed by atoms with Crippen LogP contribution in [-0.4, -0.2) is 46.1 Å². The average molecular weight is 957 g/mol. The molecule has 4 N–H and O–H groups in total. The van der Waals surface area contributed by atoms with Crippen LogP contribution in [0.1, 0.15) is 335 Å². The molecule has 3 unspecified atom stereocenters. The summed E-state index contributed by atoms with van der Waals surface area (Å²) in [4.78, 5) is 12.5. The summed E-state index contributed by atoms with van der Waals surface area (Å²) in [5.74, 6) is -0.509. The van der Waals surface area contributed by atoms with Gasteiger partial charge in [-0.15, -0.1) is 0 Å². The van der Waals surface area contributed by atoms with Gasteiger partial charge in [0.25, 0.3) is 0 Å². The van der Waals surface area contributed by atoms with Gasteiger partial charge in [-0.05, 0) is 57.8 Å². The fourth-order valence-corrected chi connectivity index (χ4v) is 9.67. The molecule has 0 aromatic carbocycles. The van der Waals surface area contributed by atoms with Crippen molar-refractivity contribution in [2.75, 3.05) is 6.61 Å². The monoisotopic (exact) mass is 956 g/mol. The van der Waals surface area contributed by atoms with Crippen molar-refractivity contribution in [2.45, 2.75) is 353 Å². The van der Waals surface area contributed by atoms with Crippen LogP contribution < -0.4 is 5.32 Å². The van der Waals surface area contributed by atoms with Gasteiger partial charge in [0.05, 0.1) is 18.8 Å². The fraction of sp³-hybridized carbons (Fsp3) is 0.889. The Labute approximate surface area is 425 Å². The van der Waals surface area contributed by atoms with Crippen molar-refractivity contribution in [1.82, 2.24) is 5.32 Å². The summed E-state index contributed by atoms with van der Waals surface area (Å²) in [6.45, 7) is 4.20. The van der Waals surface area contributed by atoms with E-state index in [4.69, 9.17) is 0 Å². The van der Waals surface area contributed by atoms with E-state index in [2.05, 4.69) is 43.5 Å². The molecule has 0 fully saturated rings. The molecule has 0 saturated heterocycles. The van der Waals surface area contributed by atoms with Crippen LogP contribution in [-0.2, 0) is 4.79 Å². The largest absolute Gasteiger partial charge is 0.394 e. The number of carbonyl (C=O) groups excluding carboxylic acids is 1. The molecule has 0 aliphatic rings.